The Balaban J connectivity index is 2.49. The Morgan fingerprint density at radius 1 is 1.07 bits per heavy atom. The van der Waals surface area contributed by atoms with Crippen LogP contribution in [0.5, 0.6) is 0 Å². The molecule has 0 saturated heterocycles. The van der Waals surface area contributed by atoms with Gasteiger partial charge in [-0.2, -0.15) is 0 Å². The summed E-state index contributed by atoms with van der Waals surface area (Å²) in [4.78, 5) is 29.7. The Morgan fingerprint density at radius 2 is 1.64 bits per heavy atom. The number of amides is 2. The number of hydrogen-bond donors (Lipinski definition) is 3. The molecule has 1 saturated carbocycles. The molecule has 1 aliphatic rings. The number of carbonyl (C=O) groups excluding carboxylic acids is 2. The van der Waals surface area contributed by atoms with Gasteiger partial charge in [-0.1, -0.05) is 13.3 Å². The van der Waals surface area contributed by atoms with Crippen molar-refractivity contribution in [3.8, 4) is 0 Å². The summed E-state index contributed by atoms with van der Waals surface area (Å²) in [6.45, 7) is 8.68. The van der Waals surface area contributed by atoms with E-state index >= 15 is 0 Å². The van der Waals surface area contributed by atoms with Gasteiger partial charge < -0.3 is 25.6 Å². The summed E-state index contributed by atoms with van der Waals surface area (Å²) in [7, 11) is 3.46. The van der Waals surface area contributed by atoms with E-state index in [4.69, 9.17) is 4.74 Å². The molecule has 3 N–H and O–H groups in total. The third kappa shape index (κ3) is 10.4. The number of alkyl carbamates (subject to hydrolysis) is 1. The lowest BCUT2D eigenvalue weighted by molar-refractivity contribution is -0.127. The van der Waals surface area contributed by atoms with E-state index in [1.807, 2.05) is 20.8 Å². The largest absolute Gasteiger partial charge is 0.444 e. The van der Waals surface area contributed by atoms with E-state index in [0.717, 1.165) is 45.1 Å². The smallest absolute Gasteiger partial charge is 0.407 e. The maximum atomic E-state index is 11.9. The second-order valence-corrected chi connectivity index (χ2v) is 8.57. The SMILES string of the molecule is CCCCNC(=NCC(=O)N(C)C)NC1CCC(NC(=O)OC(C)(C)C)CC1. The molecule has 0 aromatic heterocycles. The summed E-state index contributed by atoms with van der Waals surface area (Å²) in [5.41, 5.74) is -0.484. The van der Waals surface area contributed by atoms with Crippen LogP contribution < -0.4 is 16.0 Å². The number of unbranched alkanes of at least 4 members (excludes halogenated alkanes) is 1. The van der Waals surface area contributed by atoms with Crippen LogP contribution in [0.15, 0.2) is 4.99 Å². The number of rotatable bonds is 7. The van der Waals surface area contributed by atoms with Crippen molar-refractivity contribution in [2.45, 2.75) is 83.9 Å². The van der Waals surface area contributed by atoms with E-state index in [1.54, 1.807) is 19.0 Å². The molecule has 0 radical (unpaired) electrons. The van der Waals surface area contributed by atoms with Crippen LogP contribution in [0.3, 0.4) is 0 Å². The zero-order valence-corrected chi connectivity index (χ0v) is 18.4. The second-order valence-electron chi connectivity index (χ2n) is 8.57. The van der Waals surface area contributed by atoms with Crippen LogP contribution in [0.2, 0.25) is 0 Å². The molecule has 0 atom stereocenters. The summed E-state index contributed by atoms with van der Waals surface area (Å²) < 4.78 is 5.33. The highest BCUT2D eigenvalue weighted by Crippen LogP contribution is 2.19. The van der Waals surface area contributed by atoms with Crippen molar-refractivity contribution in [2.24, 2.45) is 4.99 Å². The number of aliphatic imine (C=N–C) groups is 1. The predicted octanol–water partition coefficient (Wildman–Crippen LogP) is 2.25. The number of nitrogens with zero attached hydrogens (tertiary/aromatic N) is 2. The molecule has 1 rings (SSSR count). The highest BCUT2D eigenvalue weighted by atomic mass is 16.6. The zero-order valence-electron chi connectivity index (χ0n) is 18.4. The fourth-order valence-electron chi connectivity index (χ4n) is 2.87. The Morgan fingerprint density at radius 3 is 2.14 bits per heavy atom. The van der Waals surface area contributed by atoms with Crippen molar-refractivity contribution in [1.82, 2.24) is 20.9 Å². The quantitative estimate of drug-likeness (QED) is 0.348. The topological polar surface area (TPSA) is 95.1 Å². The van der Waals surface area contributed by atoms with Gasteiger partial charge in [-0.05, 0) is 52.9 Å². The Kier molecular flexibility index (Phi) is 10.1. The van der Waals surface area contributed by atoms with Crippen molar-refractivity contribution in [3.05, 3.63) is 0 Å². The van der Waals surface area contributed by atoms with Gasteiger partial charge in [-0.15, -0.1) is 0 Å². The molecular weight excluding hydrogens is 358 g/mol. The van der Waals surface area contributed by atoms with Crippen LogP contribution >= 0.6 is 0 Å². The highest BCUT2D eigenvalue weighted by molar-refractivity contribution is 5.84. The third-order valence-electron chi connectivity index (χ3n) is 4.48. The first-order chi connectivity index (χ1) is 13.1. The fourth-order valence-corrected chi connectivity index (χ4v) is 2.87. The summed E-state index contributed by atoms with van der Waals surface area (Å²) >= 11 is 0. The standard InChI is InChI=1S/C20H39N5O3/c1-7-8-13-21-18(22-14-17(26)25(5)6)23-15-9-11-16(12-10-15)24-19(27)28-20(2,3)4/h15-16H,7-14H2,1-6H3,(H,24,27)(H2,21,22,23). The monoisotopic (exact) mass is 397 g/mol. The van der Waals surface area contributed by atoms with Gasteiger partial charge in [-0.25, -0.2) is 9.79 Å². The number of likely N-dealkylation sites (N-methyl/N-ethyl adjacent to an activating group) is 1. The first kappa shape index (κ1) is 24.0. The second kappa shape index (κ2) is 11.8. The molecule has 162 valence electrons. The molecule has 0 aliphatic heterocycles. The molecule has 0 heterocycles. The van der Waals surface area contributed by atoms with E-state index in [2.05, 4.69) is 27.9 Å². The molecule has 0 aromatic rings. The molecule has 1 fully saturated rings. The van der Waals surface area contributed by atoms with Gasteiger partial charge in [0.05, 0.1) is 0 Å². The van der Waals surface area contributed by atoms with E-state index < -0.39 is 5.60 Å². The number of nitrogens with one attached hydrogen (secondary N) is 3. The minimum Gasteiger partial charge on any atom is -0.444 e. The summed E-state index contributed by atoms with van der Waals surface area (Å²) in [6, 6.07) is 0.413. The van der Waals surface area contributed by atoms with E-state index in [0.29, 0.717) is 5.96 Å². The fraction of sp³-hybridized carbons (Fsp3) is 0.850. The van der Waals surface area contributed by atoms with Gasteiger partial charge in [0.2, 0.25) is 5.91 Å². The van der Waals surface area contributed by atoms with Crippen LogP contribution in [-0.2, 0) is 9.53 Å². The van der Waals surface area contributed by atoms with Gasteiger partial charge in [0, 0.05) is 32.7 Å². The number of carbonyl (C=O) groups is 2. The lowest BCUT2D eigenvalue weighted by Gasteiger charge is -2.31. The predicted molar refractivity (Wildman–Crippen MR) is 112 cm³/mol. The third-order valence-corrected chi connectivity index (χ3v) is 4.48. The van der Waals surface area contributed by atoms with Crippen LogP contribution in [0, 0.1) is 0 Å². The van der Waals surface area contributed by atoms with Gasteiger partial charge in [0.25, 0.3) is 0 Å². The number of guanidine groups is 1. The molecule has 2 amide bonds. The Bertz CT molecular complexity index is 520. The van der Waals surface area contributed by atoms with E-state index in [-0.39, 0.29) is 30.6 Å². The first-order valence-corrected chi connectivity index (χ1v) is 10.3. The number of hydrogen-bond acceptors (Lipinski definition) is 4. The van der Waals surface area contributed by atoms with Crippen molar-refractivity contribution >= 4 is 18.0 Å². The lowest BCUT2D eigenvalue weighted by Crippen LogP contribution is -2.48. The lowest BCUT2D eigenvalue weighted by atomic mass is 9.91. The summed E-state index contributed by atoms with van der Waals surface area (Å²) in [5.74, 6) is 0.661. The minimum absolute atomic E-state index is 0.0261. The molecule has 1 aliphatic carbocycles. The van der Waals surface area contributed by atoms with E-state index in [9.17, 15) is 9.59 Å². The molecule has 0 spiro atoms. The maximum Gasteiger partial charge on any atom is 0.407 e. The van der Waals surface area contributed by atoms with Crippen LogP contribution in [-0.4, -0.2) is 67.7 Å². The van der Waals surface area contributed by atoms with Crippen molar-refractivity contribution in [2.75, 3.05) is 27.2 Å². The van der Waals surface area contributed by atoms with Crippen molar-refractivity contribution in [1.29, 1.82) is 0 Å². The Labute approximate surface area is 169 Å². The van der Waals surface area contributed by atoms with Crippen molar-refractivity contribution < 1.29 is 14.3 Å². The molecule has 8 heteroatoms. The number of ether oxygens (including phenoxy) is 1. The van der Waals surface area contributed by atoms with Gasteiger partial charge in [0.15, 0.2) is 5.96 Å². The molecule has 0 aromatic carbocycles. The van der Waals surface area contributed by atoms with Crippen LogP contribution in [0.4, 0.5) is 4.79 Å². The van der Waals surface area contributed by atoms with Crippen LogP contribution in [0.1, 0.15) is 66.2 Å². The summed E-state index contributed by atoms with van der Waals surface area (Å²) in [6.07, 6.45) is 5.42. The van der Waals surface area contributed by atoms with Gasteiger partial charge in [0.1, 0.15) is 12.1 Å². The maximum absolute atomic E-state index is 11.9. The normalized spacial score (nSPS) is 20.3. The summed E-state index contributed by atoms with van der Waals surface area (Å²) in [5, 5.41) is 9.71. The first-order valence-electron chi connectivity index (χ1n) is 10.3. The van der Waals surface area contributed by atoms with Crippen LogP contribution in [0.25, 0.3) is 0 Å². The Hall–Kier alpha value is -1.99. The molecule has 0 unspecified atom stereocenters. The van der Waals surface area contributed by atoms with E-state index in [1.165, 1.54) is 0 Å². The minimum atomic E-state index is -0.484. The highest BCUT2D eigenvalue weighted by Gasteiger charge is 2.25. The molecule has 0 bridgehead atoms. The zero-order chi connectivity index (χ0) is 21.2. The molecule has 28 heavy (non-hydrogen) atoms. The average molecular weight is 398 g/mol. The molecular formula is C20H39N5O3. The van der Waals surface area contributed by atoms with Crippen molar-refractivity contribution in [3.63, 3.8) is 0 Å². The van der Waals surface area contributed by atoms with Gasteiger partial charge >= 0.3 is 6.09 Å². The average Bonchev–Trinajstić information content (AvgIpc) is 2.59. The molecule has 8 nitrogen and oxygen atoms in total. The van der Waals surface area contributed by atoms with Gasteiger partial charge in [-0.3, -0.25) is 4.79 Å².